The lowest BCUT2D eigenvalue weighted by Gasteiger charge is -2.08. The number of hydrogen-bond acceptors (Lipinski definition) is 3. The minimum Gasteiger partial charge on any atom is -0.495 e. The first kappa shape index (κ1) is 12.8. The van der Waals surface area contributed by atoms with Crippen LogP contribution in [-0.4, -0.2) is 7.11 Å². The van der Waals surface area contributed by atoms with Crippen LogP contribution in [0.1, 0.15) is 5.56 Å². The molecule has 0 aliphatic carbocycles. The van der Waals surface area contributed by atoms with Gasteiger partial charge in [-0.25, -0.2) is 4.39 Å². The SMILES string of the molecule is COc1cc(Sc2cc(C)ccc2F)ccc1N. The Morgan fingerprint density at radius 2 is 1.94 bits per heavy atom. The summed E-state index contributed by atoms with van der Waals surface area (Å²) in [6, 6.07) is 10.5. The van der Waals surface area contributed by atoms with Crippen molar-refractivity contribution in [3.63, 3.8) is 0 Å². The molecule has 0 aliphatic heterocycles. The highest BCUT2D eigenvalue weighted by Gasteiger charge is 2.07. The van der Waals surface area contributed by atoms with Crippen molar-refractivity contribution >= 4 is 17.4 Å². The molecule has 0 heterocycles. The van der Waals surface area contributed by atoms with Crippen molar-refractivity contribution in [2.24, 2.45) is 0 Å². The van der Waals surface area contributed by atoms with Crippen LogP contribution >= 0.6 is 11.8 Å². The molecule has 0 atom stereocenters. The fourth-order valence-electron chi connectivity index (χ4n) is 1.57. The molecule has 2 nitrogen and oxygen atoms in total. The molecule has 0 saturated carbocycles. The summed E-state index contributed by atoms with van der Waals surface area (Å²) in [7, 11) is 1.56. The lowest BCUT2D eigenvalue weighted by Crippen LogP contribution is -1.92. The Hall–Kier alpha value is -1.68. The Bertz CT molecular complexity index is 572. The second-order valence-electron chi connectivity index (χ2n) is 3.94. The maximum atomic E-state index is 13.6. The standard InChI is InChI=1S/C14H14FNOS/c1-9-3-5-11(15)14(7-9)18-10-4-6-12(16)13(8-10)17-2/h3-8H,16H2,1-2H3. The summed E-state index contributed by atoms with van der Waals surface area (Å²) in [5.74, 6) is 0.384. The summed E-state index contributed by atoms with van der Waals surface area (Å²) < 4.78 is 18.8. The van der Waals surface area contributed by atoms with Crippen molar-refractivity contribution in [1.82, 2.24) is 0 Å². The van der Waals surface area contributed by atoms with Gasteiger partial charge >= 0.3 is 0 Å². The van der Waals surface area contributed by atoms with Crippen LogP contribution < -0.4 is 10.5 Å². The highest BCUT2D eigenvalue weighted by atomic mass is 32.2. The molecule has 2 aromatic rings. The number of nitrogens with two attached hydrogens (primary N) is 1. The molecule has 0 radical (unpaired) electrons. The van der Waals surface area contributed by atoms with E-state index in [1.54, 1.807) is 19.2 Å². The third kappa shape index (κ3) is 2.76. The van der Waals surface area contributed by atoms with E-state index in [4.69, 9.17) is 10.5 Å². The summed E-state index contributed by atoms with van der Waals surface area (Å²) in [5.41, 5.74) is 7.34. The topological polar surface area (TPSA) is 35.2 Å². The van der Waals surface area contributed by atoms with Gasteiger partial charge in [0.05, 0.1) is 12.8 Å². The van der Waals surface area contributed by atoms with Crippen LogP contribution in [0.5, 0.6) is 5.75 Å². The van der Waals surface area contributed by atoms with Gasteiger partial charge in [-0.2, -0.15) is 0 Å². The van der Waals surface area contributed by atoms with Gasteiger partial charge in [0.15, 0.2) is 0 Å². The van der Waals surface area contributed by atoms with E-state index in [0.29, 0.717) is 16.3 Å². The number of anilines is 1. The number of hydrogen-bond donors (Lipinski definition) is 1. The molecule has 2 rings (SSSR count). The van der Waals surface area contributed by atoms with Crippen molar-refractivity contribution in [2.75, 3.05) is 12.8 Å². The van der Waals surface area contributed by atoms with E-state index < -0.39 is 0 Å². The van der Waals surface area contributed by atoms with E-state index in [1.165, 1.54) is 17.8 Å². The molecule has 0 aromatic heterocycles. The first-order chi connectivity index (χ1) is 8.60. The monoisotopic (exact) mass is 263 g/mol. The smallest absolute Gasteiger partial charge is 0.142 e. The third-order valence-electron chi connectivity index (χ3n) is 2.52. The first-order valence-electron chi connectivity index (χ1n) is 5.47. The van der Waals surface area contributed by atoms with E-state index >= 15 is 0 Å². The van der Waals surface area contributed by atoms with Gasteiger partial charge in [0.1, 0.15) is 11.6 Å². The van der Waals surface area contributed by atoms with Gasteiger partial charge in [-0.1, -0.05) is 17.8 Å². The lowest BCUT2D eigenvalue weighted by molar-refractivity contribution is 0.416. The number of benzene rings is 2. The van der Waals surface area contributed by atoms with Gasteiger partial charge in [0, 0.05) is 9.79 Å². The Balaban J connectivity index is 2.31. The predicted octanol–water partition coefficient (Wildman–Crippen LogP) is 3.88. The minimum atomic E-state index is -0.221. The summed E-state index contributed by atoms with van der Waals surface area (Å²) in [6.45, 7) is 1.94. The Morgan fingerprint density at radius 3 is 2.67 bits per heavy atom. The molecule has 0 bridgehead atoms. The molecule has 18 heavy (non-hydrogen) atoms. The van der Waals surface area contributed by atoms with Gasteiger partial charge in [-0.05, 0) is 42.8 Å². The van der Waals surface area contributed by atoms with Gasteiger partial charge in [-0.3, -0.25) is 0 Å². The fraction of sp³-hybridized carbons (Fsp3) is 0.143. The molecule has 0 unspecified atom stereocenters. The van der Waals surface area contributed by atoms with Crippen LogP contribution in [0.15, 0.2) is 46.2 Å². The Morgan fingerprint density at radius 1 is 1.17 bits per heavy atom. The molecule has 4 heteroatoms. The molecule has 0 aliphatic rings. The van der Waals surface area contributed by atoms with Gasteiger partial charge in [0.25, 0.3) is 0 Å². The molecular formula is C14H14FNOS. The van der Waals surface area contributed by atoms with Crippen LogP contribution in [-0.2, 0) is 0 Å². The zero-order valence-electron chi connectivity index (χ0n) is 10.2. The highest BCUT2D eigenvalue weighted by Crippen LogP contribution is 2.34. The van der Waals surface area contributed by atoms with E-state index in [1.807, 2.05) is 25.1 Å². The van der Waals surface area contributed by atoms with Crippen molar-refractivity contribution in [3.8, 4) is 5.75 Å². The van der Waals surface area contributed by atoms with Crippen LogP contribution in [0.2, 0.25) is 0 Å². The molecule has 0 saturated heterocycles. The normalized spacial score (nSPS) is 10.4. The minimum absolute atomic E-state index is 0.221. The van der Waals surface area contributed by atoms with Crippen LogP contribution in [0.25, 0.3) is 0 Å². The molecule has 94 valence electrons. The largest absolute Gasteiger partial charge is 0.495 e. The quantitative estimate of drug-likeness (QED) is 0.854. The summed E-state index contributed by atoms with van der Waals surface area (Å²) in [6.07, 6.45) is 0. The zero-order valence-corrected chi connectivity index (χ0v) is 11.1. The molecule has 0 spiro atoms. The second-order valence-corrected chi connectivity index (χ2v) is 5.06. The van der Waals surface area contributed by atoms with Crippen LogP contribution in [0.4, 0.5) is 10.1 Å². The summed E-state index contributed by atoms with van der Waals surface area (Å²) in [5, 5.41) is 0. The number of rotatable bonds is 3. The Kier molecular flexibility index (Phi) is 3.77. The average Bonchev–Trinajstić information content (AvgIpc) is 2.36. The van der Waals surface area contributed by atoms with Crippen LogP contribution in [0, 0.1) is 12.7 Å². The van der Waals surface area contributed by atoms with Crippen molar-refractivity contribution in [3.05, 3.63) is 47.8 Å². The summed E-state index contributed by atoms with van der Waals surface area (Å²) >= 11 is 1.36. The number of ether oxygens (including phenoxy) is 1. The number of halogens is 1. The highest BCUT2D eigenvalue weighted by molar-refractivity contribution is 7.99. The second kappa shape index (κ2) is 5.31. The third-order valence-corrected chi connectivity index (χ3v) is 3.54. The van der Waals surface area contributed by atoms with Crippen molar-refractivity contribution < 1.29 is 9.13 Å². The molecule has 2 N–H and O–H groups in total. The van der Waals surface area contributed by atoms with Crippen molar-refractivity contribution in [1.29, 1.82) is 0 Å². The van der Waals surface area contributed by atoms with Gasteiger partial charge < -0.3 is 10.5 Å². The Labute approximate surface area is 110 Å². The molecule has 0 fully saturated rings. The van der Waals surface area contributed by atoms with Gasteiger partial charge in [0.2, 0.25) is 0 Å². The summed E-state index contributed by atoms with van der Waals surface area (Å²) in [4.78, 5) is 1.49. The maximum Gasteiger partial charge on any atom is 0.142 e. The molecule has 0 amide bonds. The zero-order chi connectivity index (χ0) is 13.1. The van der Waals surface area contributed by atoms with Crippen molar-refractivity contribution in [2.45, 2.75) is 16.7 Å². The number of nitrogen functional groups attached to an aromatic ring is 1. The number of aryl methyl sites for hydroxylation is 1. The predicted molar refractivity (Wildman–Crippen MR) is 72.7 cm³/mol. The average molecular weight is 263 g/mol. The van der Waals surface area contributed by atoms with E-state index in [-0.39, 0.29) is 5.82 Å². The number of methoxy groups -OCH3 is 1. The fourth-order valence-corrected chi connectivity index (χ4v) is 2.54. The maximum absolute atomic E-state index is 13.6. The van der Waals surface area contributed by atoms with Crippen LogP contribution in [0.3, 0.4) is 0 Å². The first-order valence-corrected chi connectivity index (χ1v) is 6.29. The van der Waals surface area contributed by atoms with Gasteiger partial charge in [-0.15, -0.1) is 0 Å². The van der Waals surface area contributed by atoms with E-state index in [9.17, 15) is 4.39 Å². The lowest BCUT2D eigenvalue weighted by atomic mass is 10.2. The van der Waals surface area contributed by atoms with E-state index in [2.05, 4.69) is 0 Å². The van der Waals surface area contributed by atoms with E-state index in [0.717, 1.165) is 10.5 Å². The molecular weight excluding hydrogens is 249 g/mol. The molecule has 2 aromatic carbocycles.